The SMILES string of the molecule is CCCc1nc(C2CC2)c(I)c(=O)[nH]1. The van der Waals surface area contributed by atoms with Crippen LogP contribution in [0.1, 0.15) is 43.6 Å². The fraction of sp³-hybridized carbons (Fsp3) is 0.600. The van der Waals surface area contributed by atoms with Crippen molar-refractivity contribution in [3.63, 3.8) is 0 Å². The standard InChI is InChI=1S/C10H13IN2O/c1-2-3-7-12-9(6-4-5-6)8(11)10(14)13-7/h6H,2-5H2,1H3,(H,12,13,14). The molecule has 1 heterocycles. The third kappa shape index (κ3) is 1.99. The maximum Gasteiger partial charge on any atom is 0.264 e. The van der Waals surface area contributed by atoms with Crippen molar-refractivity contribution in [2.75, 3.05) is 0 Å². The molecule has 4 heteroatoms. The maximum atomic E-state index is 11.6. The van der Waals surface area contributed by atoms with Crippen LogP contribution in [-0.2, 0) is 6.42 Å². The number of hydrogen-bond donors (Lipinski definition) is 1. The van der Waals surface area contributed by atoms with E-state index in [0.29, 0.717) is 5.92 Å². The average molecular weight is 304 g/mol. The van der Waals surface area contributed by atoms with Gasteiger partial charge in [-0.2, -0.15) is 0 Å². The van der Waals surface area contributed by atoms with Crippen LogP contribution in [0.3, 0.4) is 0 Å². The van der Waals surface area contributed by atoms with E-state index in [0.717, 1.165) is 27.9 Å². The number of aromatic amines is 1. The Balaban J connectivity index is 2.41. The molecule has 0 radical (unpaired) electrons. The van der Waals surface area contributed by atoms with Crippen molar-refractivity contribution in [3.05, 3.63) is 25.4 Å². The van der Waals surface area contributed by atoms with Gasteiger partial charge in [-0.1, -0.05) is 6.92 Å². The number of H-pyrrole nitrogens is 1. The second kappa shape index (κ2) is 4.00. The van der Waals surface area contributed by atoms with Gasteiger partial charge in [0.05, 0.1) is 9.26 Å². The summed E-state index contributed by atoms with van der Waals surface area (Å²) in [6, 6.07) is 0. The Hall–Kier alpha value is -0.390. The highest BCUT2D eigenvalue weighted by molar-refractivity contribution is 14.1. The lowest BCUT2D eigenvalue weighted by atomic mass is 10.2. The van der Waals surface area contributed by atoms with E-state index in [1.165, 1.54) is 12.8 Å². The summed E-state index contributed by atoms with van der Waals surface area (Å²) < 4.78 is 0.782. The lowest BCUT2D eigenvalue weighted by molar-refractivity contribution is 0.795. The number of nitrogens with one attached hydrogen (secondary N) is 1. The Morgan fingerprint density at radius 1 is 1.57 bits per heavy atom. The molecular formula is C10H13IN2O. The number of rotatable bonds is 3. The summed E-state index contributed by atoms with van der Waals surface area (Å²) in [5.41, 5.74) is 1.06. The van der Waals surface area contributed by atoms with Crippen LogP contribution in [0.5, 0.6) is 0 Å². The molecule has 0 unspecified atom stereocenters. The fourth-order valence-electron chi connectivity index (χ4n) is 1.51. The van der Waals surface area contributed by atoms with Gasteiger partial charge in [-0.05, 0) is 41.9 Å². The largest absolute Gasteiger partial charge is 0.310 e. The van der Waals surface area contributed by atoms with E-state index in [1.807, 2.05) is 0 Å². The Morgan fingerprint density at radius 2 is 2.29 bits per heavy atom. The molecule has 14 heavy (non-hydrogen) atoms. The van der Waals surface area contributed by atoms with Gasteiger partial charge in [-0.15, -0.1) is 0 Å². The van der Waals surface area contributed by atoms with E-state index in [2.05, 4.69) is 39.5 Å². The van der Waals surface area contributed by atoms with Crippen LogP contribution in [0, 0.1) is 3.57 Å². The summed E-state index contributed by atoms with van der Waals surface area (Å²) in [5, 5.41) is 0. The highest BCUT2D eigenvalue weighted by atomic mass is 127. The molecule has 0 amide bonds. The van der Waals surface area contributed by atoms with Gasteiger partial charge in [-0.3, -0.25) is 4.79 Å². The molecule has 1 aliphatic rings. The normalized spacial score (nSPS) is 15.9. The molecule has 0 saturated heterocycles. The van der Waals surface area contributed by atoms with Crippen molar-refractivity contribution < 1.29 is 0 Å². The number of halogens is 1. The average Bonchev–Trinajstić information content (AvgIpc) is 2.94. The van der Waals surface area contributed by atoms with Gasteiger partial charge in [0.25, 0.3) is 5.56 Å². The maximum absolute atomic E-state index is 11.6. The first kappa shape index (κ1) is 10.1. The summed E-state index contributed by atoms with van der Waals surface area (Å²) in [6.07, 6.45) is 4.27. The van der Waals surface area contributed by atoms with Gasteiger partial charge in [-0.25, -0.2) is 4.98 Å². The summed E-state index contributed by atoms with van der Waals surface area (Å²) >= 11 is 2.10. The van der Waals surface area contributed by atoms with Crippen LogP contribution in [0.2, 0.25) is 0 Å². The van der Waals surface area contributed by atoms with Gasteiger partial charge in [0.1, 0.15) is 5.82 Å². The molecule has 0 bridgehead atoms. The molecule has 1 N–H and O–H groups in total. The molecular weight excluding hydrogens is 291 g/mol. The van der Waals surface area contributed by atoms with E-state index >= 15 is 0 Å². The van der Waals surface area contributed by atoms with E-state index in [-0.39, 0.29) is 5.56 Å². The number of hydrogen-bond acceptors (Lipinski definition) is 2. The Labute approximate surface area is 96.5 Å². The molecule has 1 aromatic heterocycles. The third-order valence-electron chi connectivity index (χ3n) is 2.39. The molecule has 0 atom stereocenters. The molecule has 0 aromatic carbocycles. The summed E-state index contributed by atoms with van der Waals surface area (Å²) in [7, 11) is 0. The van der Waals surface area contributed by atoms with E-state index in [4.69, 9.17) is 0 Å². The zero-order valence-corrected chi connectivity index (χ0v) is 10.3. The van der Waals surface area contributed by atoms with Crippen LogP contribution < -0.4 is 5.56 Å². The van der Waals surface area contributed by atoms with Crippen molar-refractivity contribution in [1.82, 2.24) is 9.97 Å². The van der Waals surface area contributed by atoms with Crippen LogP contribution in [0.25, 0.3) is 0 Å². The summed E-state index contributed by atoms with van der Waals surface area (Å²) in [5.74, 6) is 1.40. The van der Waals surface area contributed by atoms with Crippen molar-refractivity contribution >= 4 is 22.6 Å². The molecule has 76 valence electrons. The molecule has 3 nitrogen and oxygen atoms in total. The Bertz CT molecular complexity index is 396. The van der Waals surface area contributed by atoms with Crippen molar-refractivity contribution in [1.29, 1.82) is 0 Å². The fourth-order valence-corrected chi connectivity index (χ4v) is 2.20. The lowest BCUT2D eigenvalue weighted by Crippen LogP contribution is -2.17. The minimum Gasteiger partial charge on any atom is -0.310 e. The monoisotopic (exact) mass is 304 g/mol. The van der Waals surface area contributed by atoms with Gasteiger partial charge in [0.15, 0.2) is 0 Å². The van der Waals surface area contributed by atoms with Gasteiger partial charge in [0, 0.05) is 12.3 Å². The van der Waals surface area contributed by atoms with Crippen molar-refractivity contribution in [3.8, 4) is 0 Å². The van der Waals surface area contributed by atoms with E-state index < -0.39 is 0 Å². The minimum atomic E-state index is 0.0333. The number of nitrogens with zero attached hydrogens (tertiary/aromatic N) is 1. The molecule has 0 aliphatic heterocycles. The lowest BCUT2D eigenvalue weighted by Gasteiger charge is -2.04. The first-order valence-electron chi connectivity index (χ1n) is 5.01. The van der Waals surface area contributed by atoms with Crippen LogP contribution >= 0.6 is 22.6 Å². The van der Waals surface area contributed by atoms with Crippen LogP contribution in [-0.4, -0.2) is 9.97 Å². The number of aryl methyl sites for hydroxylation is 1. The molecule has 1 fully saturated rings. The second-order valence-corrected chi connectivity index (χ2v) is 4.81. The molecule has 0 spiro atoms. The van der Waals surface area contributed by atoms with Crippen molar-refractivity contribution in [2.45, 2.75) is 38.5 Å². The van der Waals surface area contributed by atoms with Gasteiger partial charge < -0.3 is 4.98 Å². The zero-order valence-electron chi connectivity index (χ0n) is 8.14. The number of aromatic nitrogens is 2. The highest BCUT2D eigenvalue weighted by Gasteiger charge is 2.28. The predicted octanol–water partition coefficient (Wildman–Crippen LogP) is 2.20. The molecule has 1 saturated carbocycles. The molecule has 2 rings (SSSR count). The zero-order chi connectivity index (χ0) is 10.1. The quantitative estimate of drug-likeness (QED) is 0.870. The predicted molar refractivity (Wildman–Crippen MR) is 63.5 cm³/mol. The van der Waals surface area contributed by atoms with Gasteiger partial charge in [0.2, 0.25) is 0 Å². The topological polar surface area (TPSA) is 45.8 Å². The van der Waals surface area contributed by atoms with Crippen LogP contribution in [0.4, 0.5) is 0 Å². The first-order chi connectivity index (χ1) is 6.72. The van der Waals surface area contributed by atoms with Gasteiger partial charge >= 0.3 is 0 Å². The highest BCUT2D eigenvalue weighted by Crippen LogP contribution is 2.40. The second-order valence-electron chi connectivity index (χ2n) is 3.74. The summed E-state index contributed by atoms with van der Waals surface area (Å²) in [4.78, 5) is 18.9. The first-order valence-corrected chi connectivity index (χ1v) is 6.08. The van der Waals surface area contributed by atoms with Crippen LogP contribution in [0.15, 0.2) is 4.79 Å². The smallest absolute Gasteiger partial charge is 0.264 e. The molecule has 1 aliphatic carbocycles. The van der Waals surface area contributed by atoms with E-state index in [1.54, 1.807) is 0 Å². The van der Waals surface area contributed by atoms with Crippen molar-refractivity contribution in [2.24, 2.45) is 0 Å². The third-order valence-corrected chi connectivity index (χ3v) is 3.43. The molecule has 1 aromatic rings. The van der Waals surface area contributed by atoms with E-state index in [9.17, 15) is 4.79 Å². The Kier molecular flexibility index (Phi) is 2.90. The Morgan fingerprint density at radius 3 is 2.86 bits per heavy atom. The minimum absolute atomic E-state index is 0.0333. The summed E-state index contributed by atoms with van der Waals surface area (Å²) in [6.45, 7) is 2.09.